The molecule has 1 aliphatic heterocycles. The lowest BCUT2D eigenvalue weighted by atomic mass is 9.77. The number of carbonyl (C=O) groups is 2. The van der Waals surface area contributed by atoms with Crippen LogP contribution in [0.15, 0.2) is 35.5 Å². The summed E-state index contributed by atoms with van der Waals surface area (Å²) >= 11 is 0. The summed E-state index contributed by atoms with van der Waals surface area (Å²) in [6.45, 7) is 1.90. The molecule has 2 amide bonds. The zero-order chi connectivity index (χ0) is 25.6. The van der Waals surface area contributed by atoms with Crippen LogP contribution < -0.4 is 15.8 Å². The molecule has 184 valence electrons. The van der Waals surface area contributed by atoms with E-state index >= 15 is 0 Å². The Kier molecular flexibility index (Phi) is 6.44. The SMILES string of the molecule is COc1c([C@H]2[C@@H](C(=O)N=c3ccn(O)c(C(N)=O)c3)O[C@](C)(C(F)(F)F)[C@@H]2C)ccc(F)c1F. The Morgan fingerprint density at radius 3 is 2.47 bits per heavy atom. The average Bonchev–Trinajstić information content (AvgIpc) is 3.03. The molecule has 1 aliphatic rings. The average molecular weight is 489 g/mol. The molecule has 0 radical (unpaired) electrons. The summed E-state index contributed by atoms with van der Waals surface area (Å²) in [6.07, 6.45) is -5.86. The number of nitrogens with two attached hydrogens (primary N) is 1. The van der Waals surface area contributed by atoms with Gasteiger partial charge in [-0.3, -0.25) is 9.59 Å². The first-order chi connectivity index (χ1) is 15.7. The molecule has 2 heterocycles. The maximum absolute atomic E-state index is 14.4. The lowest BCUT2D eigenvalue weighted by Gasteiger charge is -2.32. The molecule has 34 heavy (non-hydrogen) atoms. The fourth-order valence-electron chi connectivity index (χ4n) is 3.95. The summed E-state index contributed by atoms with van der Waals surface area (Å²) in [4.78, 5) is 28.1. The number of pyridine rings is 1. The first-order valence-electron chi connectivity index (χ1n) is 9.79. The maximum Gasteiger partial charge on any atom is 0.417 e. The van der Waals surface area contributed by atoms with Crippen LogP contribution in [0.3, 0.4) is 0 Å². The van der Waals surface area contributed by atoms with Crippen molar-refractivity contribution in [1.82, 2.24) is 4.73 Å². The molecule has 0 unspecified atom stereocenters. The van der Waals surface area contributed by atoms with Gasteiger partial charge in [-0.05, 0) is 25.1 Å². The van der Waals surface area contributed by atoms with E-state index in [1.54, 1.807) is 0 Å². The number of halogens is 5. The van der Waals surface area contributed by atoms with Gasteiger partial charge in [0.25, 0.3) is 11.8 Å². The number of benzene rings is 1. The Labute approximate surface area is 189 Å². The van der Waals surface area contributed by atoms with E-state index in [0.717, 1.165) is 45.4 Å². The van der Waals surface area contributed by atoms with Crippen LogP contribution in [0.5, 0.6) is 5.75 Å². The number of rotatable bonds is 4. The second kappa shape index (κ2) is 8.70. The van der Waals surface area contributed by atoms with Crippen molar-refractivity contribution in [3.05, 3.63) is 58.7 Å². The van der Waals surface area contributed by atoms with Crippen molar-refractivity contribution in [1.29, 1.82) is 0 Å². The van der Waals surface area contributed by atoms with Crippen LogP contribution in [0.25, 0.3) is 0 Å². The smallest absolute Gasteiger partial charge is 0.417 e. The van der Waals surface area contributed by atoms with E-state index in [4.69, 9.17) is 15.2 Å². The number of carbonyl (C=O) groups excluding carboxylic acids is 2. The molecule has 3 rings (SSSR count). The fourth-order valence-corrected chi connectivity index (χ4v) is 3.95. The highest BCUT2D eigenvalue weighted by Crippen LogP contribution is 2.55. The zero-order valence-corrected chi connectivity index (χ0v) is 18.1. The second-order valence-corrected chi connectivity index (χ2v) is 7.87. The molecule has 1 aromatic heterocycles. The monoisotopic (exact) mass is 489 g/mol. The van der Waals surface area contributed by atoms with Gasteiger partial charge >= 0.3 is 6.18 Å². The lowest BCUT2D eigenvalue weighted by Crippen LogP contribution is -2.47. The van der Waals surface area contributed by atoms with E-state index in [-0.39, 0.29) is 10.9 Å². The van der Waals surface area contributed by atoms with E-state index in [1.165, 1.54) is 0 Å². The summed E-state index contributed by atoms with van der Waals surface area (Å²) in [6, 6.07) is 3.76. The minimum Gasteiger partial charge on any atom is -0.493 e. The Morgan fingerprint density at radius 2 is 1.91 bits per heavy atom. The number of hydrogen-bond donors (Lipinski definition) is 2. The number of aromatic nitrogens is 1. The molecule has 0 bridgehead atoms. The summed E-state index contributed by atoms with van der Waals surface area (Å²) < 4.78 is 80.4. The highest BCUT2D eigenvalue weighted by atomic mass is 19.4. The molecular formula is C21H20F5N3O5. The Morgan fingerprint density at radius 1 is 1.26 bits per heavy atom. The van der Waals surface area contributed by atoms with Crippen molar-refractivity contribution in [2.45, 2.75) is 37.6 Å². The van der Waals surface area contributed by atoms with Crippen LogP contribution in [-0.2, 0) is 9.53 Å². The van der Waals surface area contributed by atoms with Crippen molar-refractivity contribution in [3.63, 3.8) is 0 Å². The van der Waals surface area contributed by atoms with Crippen molar-refractivity contribution in [2.24, 2.45) is 16.6 Å². The number of amides is 2. The van der Waals surface area contributed by atoms with Gasteiger partial charge in [-0.15, -0.1) is 0 Å². The van der Waals surface area contributed by atoms with Gasteiger partial charge in [0.15, 0.2) is 17.2 Å². The highest BCUT2D eigenvalue weighted by molar-refractivity contribution is 5.91. The number of nitrogens with zero attached hydrogens (tertiary/aromatic N) is 2. The van der Waals surface area contributed by atoms with Gasteiger partial charge in [0.1, 0.15) is 11.8 Å². The molecule has 3 N–H and O–H groups in total. The maximum atomic E-state index is 14.4. The third kappa shape index (κ3) is 4.11. The van der Waals surface area contributed by atoms with Crippen LogP contribution in [0.2, 0.25) is 0 Å². The van der Waals surface area contributed by atoms with E-state index in [1.807, 2.05) is 0 Å². The molecule has 0 aliphatic carbocycles. The number of ether oxygens (including phenoxy) is 2. The number of methoxy groups -OCH3 is 1. The van der Waals surface area contributed by atoms with E-state index < -0.39 is 64.6 Å². The summed E-state index contributed by atoms with van der Waals surface area (Å²) in [5, 5.41) is 9.39. The Hall–Kier alpha value is -3.48. The minimum atomic E-state index is -4.93. The summed E-state index contributed by atoms with van der Waals surface area (Å²) in [5.41, 5.74) is 1.61. The van der Waals surface area contributed by atoms with Gasteiger partial charge in [0, 0.05) is 23.6 Å². The molecule has 13 heteroatoms. The van der Waals surface area contributed by atoms with Crippen LogP contribution in [0, 0.1) is 17.6 Å². The third-order valence-corrected chi connectivity index (χ3v) is 5.97. The van der Waals surface area contributed by atoms with Gasteiger partial charge < -0.3 is 20.4 Å². The Balaban J connectivity index is 2.18. The normalized spacial score (nSPS) is 25.4. The molecule has 1 aromatic carbocycles. The quantitative estimate of drug-likeness (QED) is 0.506. The number of hydrogen-bond acceptors (Lipinski definition) is 5. The molecule has 1 saturated heterocycles. The first-order valence-corrected chi connectivity index (χ1v) is 9.79. The number of primary amides is 1. The van der Waals surface area contributed by atoms with E-state index in [0.29, 0.717) is 10.8 Å². The van der Waals surface area contributed by atoms with Gasteiger partial charge in [0.2, 0.25) is 5.82 Å². The minimum absolute atomic E-state index is 0.211. The standard InChI is InChI=1S/C21H20F5N3O5/c1-9-14(11-4-5-12(22)15(23)16(11)33-3)17(34-20(9,2)21(24,25)26)19(31)28-10-6-7-29(32)13(8-10)18(27)30/h4-9,14,17,32H,1-3H3,(H2,27,30)/t9-,14+,17+,20+/m1/s1. The van der Waals surface area contributed by atoms with Gasteiger partial charge in [0.05, 0.1) is 12.5 Å². The lowest BCUT2D eigenvalue weighted by molar-refractivity contribution is -0.272. The third-order valence-electron chi connectivity index (χ3n) is 5.97. The van der Waals surface area contributed by atoms with Crippen LogP contribution >= 0.6 is 0 Å². The molecular weight excluding hydrogens is 469 g/mol. The Bertz CT molecular complexity index is 1210. The van der Waals surface area contributed by atoms with Gasteiger partial charge in [-0.1, -0.05) is 13.0 Å². The largest absolute Gasteiger partial charge is 0.493 e. The summed E-state index contributed by atoms with van der Waals surface area (Å²) in [7, 11) is 1.01. The molecule has 1 fully saturated rings. The second-order valence-electron chi connectivity index (χ2n) is 7.87. The van der Waals surface area contributed by atoms with Crippen molar-refractivity contribution >= 4 is 11.8 Å². The zero-order valence-electron chi connectivity index (χ0n) is 18.1. The predicted molar refractivity (Wildman–Crippen MR) is 105 cm³/mol. The van der Waals surface area contributed by atoms with Crippen LogP contribution in [0.4, 0.5) is 22.0 Å². The van der Waals surface area contributed by atoms with Crippen LogP contribution in [0.1, 0.15) is 35.8 Å². The molecule has 0 spiro atoms. The highest BCUT2D eigenvalue weighted by Gasteiger charge is 2.65. The van der Waals surface area contributed by atoms with Crippen molar-refractivity contribution < 1.29 is 46.2 Å². The van der Waals surface area contributed by atoms with Crippen LogP contribution in [-0.4, -0.2) is 46.7 Å². The molecule has 0 saturated carbocycles. The molecule has 4 atom stereocenters. The van der Waals surface area contributed by atoms with Crippen molar-refractivity contribution in [3.8, 4) is 5.75 Å². The van der Waals surface area contributed by atoms with E-state index in [9.17, 15) is 36.7 Å². The van der Waals surface area contributed by atoms with E-state index in [2.05, 4.69) is 4.99 Å². The topological polar surface area (TPSA) is 116 Å². The predicted octanol–water partition coefficient (Wildman–Crippen LogP) is 2.68. The summed E-state index contributed by atoms with van der Waals surface area (Å²) in [5.74, 6) is -8.53. The molecule has 8 nitrogen and oxygen atoms in total. The molecule has 2 aromatic rings. The first kappa shape index (κ1) is 25.1. The fraction of sp³-hybridized carbons (Fsp3) is 0.381. The van der Waals surface area contributed by atoms with Gasteiger partial charge in [-0.2, -0.15) is 22.3 Å². The van der Waals surface area contributed by atoms with Gasteiger partial charge in [-0.25, -0.2) is 9.38 Å². The van der Waals surface area contributed by atoms with Crippen molar-refractivity contribution in [2.75, 3.05) is 7.11 Å². The number of alkyl halides is 3.